The summed E-state index contributed by atoms with van der Waals surface area (Å²) >= 11 is 0. The molecule has 210 valence electrons. The van der Waals surface area contributed by atoms with Gasteiger partial charge < -0.3 is 25.0 Å². The molecule has 1 saturated heterocycles. The summed E-state index contributed by atoms with van der Waals surface area (Å²) in [6, 6.07) is 10.6. The topological polar surface area (TPSA) is 109 Å². The third kappa shape index (κ3) is 5.78. The number of phenolic OH excluding ortho intramolecular Hbond substituents is 1. The maximum Gasteiger partial charge on any atom is 0.254 e. The van der Waals surface area contributed by atoms with Gasteiger partial charge in [0.1, 0.15) is 5.75 Å². The Labute approximate surface area is 234 Å². The van der Waals surface area contributed by atoms with Crippen LogP contribution in [0.15, 0.2) is 42.6 Å². The number of likely N-dealkylation sites (N-methyl/N-ethyl adjacent to an activating group) is 1. The van der Waals surface area contributed by atoms with E-state index >= 15 is 0 Å². The van der Waals surface area contributed by atoms with Crippen LogP contribution in [0.1, 0.15) is 34.2 Å². The van der Waals surface area contributed by atoms with E-state index < -0.39 is 0 Å². The van der Waals surface area contributed by atoms with Crippen LogP contribution in [0.4, 0.5) is 5.69 Å². The third-order valence-electron chi connectivity index (χ3n) is 7.49. The molecule has 4 aromatic rings. The second-order valence-corrected chi connectivity index (χ2v) is 10.5. The molecule has 10 heteroatoms. The van der Waals surface area contributed by atoms with Crippen LogP contribution in [-0.4, -0.2) is 87.0 Å². The number of aromatic hydroxyl groups is 1. The Morgan fingerprint density at radius 1 is 1.18 bits per heavy atom. The number of nitrogens with zero attached hydrogens (tertiary/aromatic N) is 6. The fourth-order valence-electron chi connectivity index (χ4n) is 5.12. The highest BCUT2D eigenvalue weighted by molar-refractivity contribution is 6.07. The maximum atomic E-state index is 13.8. The van der Waals surface area contributed by atoms with Gasteiger partial charge in [-0.05, 0) is 64.2 Å². The number of aryl methyl sites for hydroxylation is 2. The van der Waals surface area contributed by atoms with Gasteiger partial charge in [-0.15, -0.1) is 0 Å². The van der Waals surface area contributed by atoms with Crippen LogP contribution in [0, 0.1) is 13.8 Å². The number of carbonyl (C=O) groups excluding carboxylic acids is 1. The van der Waals surface area contributed by atoms with Gasteiger partial charge in [0.05, 0.1) is 52.8 Å². The van der Waals surface area contributed by atoms with Gasteiger partial charge >= 0.3 is 0 Å². The smallest absolute Gasteiger partial charge is 0.254 e. The van der Waals surface area contributed by atoms with E-state index in [9.17, 15) is 9.90 Å². The summed E-state index contributed by atoms with van der Waals surface area (Å²) in [7, 11) is 3.88. The molecule has 0 aliphatic carbocycles. The number of pyridine rings is 2. The monoisotopic (exact) mass is 543 g/mol. The molecule has 0 bridgehead atoms. The number of hydrogen-bond donors (Lipinski definition) is 2. The van der Waals surface area contributed by atoms with E-state index in [2.05, 4.69) is 22.4 Å². The summed E-state index contributed by atoms with van der Waals surface area (Å²) in [6.45, 7) is 10.5. The van der Waals surface area contributed by atoms with Crippen molar-refractivity contribution in [2.45, 2.75) is 40.0 Å². The van der Waals surface area contributed by atoms with Crippen LogP contribution in [0.25, 0.3) is 22.3 Å². The number of amides is 1. The number of fused-ring (bicyclic) bond motifs is 1. The second-order valence-electron chi connectivity index (χ2n) is 10.5. The van der Waals surface area contributed by atoms with E-state index in [4.69, 9.17) is 14.7 Å². The first-order valence-corrected chi connectivity index (χ1v) is 13.7. The minimum absolute atomic E-state index is 0.0800. The Balaban J connectivity index is 1.42. The fourth-order valence-corrected chi connectivity index (χ4v) is 5.12. The molecule has 40 heavy (non-hydrogen) atoms. The lowest BCUT2D eigenvalue weighted by Crippen LogP contribution is -2.43. The number of anilines is 1. The number of carbonyl (C=O) groups is 1. The van der Waals surface area contributed by atoms with Gasteiger partial charge in [-0.25, -0.2) is 9.97 Å². The molecule has 2 N–H and O–H groups in total. The van der Waals surface area contributed by atoms with Crippen LogP contribution >= 0.6 is 0 Å². The SMILES string of the molecule is CCn1ncc(CN(C)C(=O)c2cc(-c3ccc(NCC4CN(C)CCO4)c(C)n3)nc3ccc(O)cc23)c1C. The molecule has 3 aromatic heterocycles. The molecule has 1 aliphatic rings. The summed E-state index contributed by atoms with van der Waals surface area (Å²) in [5.74, 6) is -0.0910. The lowest BCUT2D eigenvalue weighted by atomic mass is 10.0. The van der Waals surface area contributed by atoms with Crippen molar-refractivity contribution in [2.24, 2.45) is 0 Å². The van der Waals surface area contributed by atoms with Crippen LogP contribution in [0.3, 0.4) is 0 Å². The van der Waals surface area contributed by atoms with E-state index in [1.54, 1.807) is 36.2 Å². The van der Waals surface area contributed by atoms with E-state index in [0.717, 1.165) is 48.9 Å². The van der Waals surface area contributed by atoms with Crippen molar-refractivity contribution < 1.29 is 14.6 Å². The highest BCUT2D eigenvalue weighted by Crippen LogP contribution is 2.29. The Morgan fingerprint density at radius 2 is 2.00 bits per heavy atom. The van der Waals surface area contributed by atoms with Crippen molar-refractivity contribution in [3.63, 3.8) is 0 Å². The molecule has 1 amide bonds. The highest BCUT2D eigenvalue weighted by atomic mass is 16.5. The van der Waals surface area contributed by atoms with Crippen molar-refractivity contribution in [1.82, 2.24) is 29.5 Å². The van der Waals surface area contributed by atoms with Crippen molar-refractivity contribution >= 4 is 22.5 Å². The summed E-state index contributed by atoms with van der Waals surface area (Å²) in [5, 5.41) is 18.7. The number of benzene rings is 1. The van der Waals surface area contributed by atoms with Crippen LogP contribution in [0.2, 0.25) is 0 Å². The lowest BCUT2D eigenvalue weighted by Gasteiger charge is -2.30. The Kier molecular flexibility index (Phi) is 7.99. The van der Waals surface area contributed by atoms with E-state index in [1.165, 1.54) is 0 Å². The first kappa shape index (κ1) is 27.5. The minimum Gasteiger partial charge on any atom is -0.508 e. The summed E-state index contributed by atoms with van der Waals surface area (Å²) in [4.78, 5) is 27.3. The molecule has 10 nitrogen and oxygen atoms in total. The zero-order valence-electron chi connectivity index (χ0n) is 23.8. The number of ether oxygens (including phenoxy) is 1. The first-order chi connectivity index (χ1) is 19.2. The quantitative estimate of drug-likeness (QED) is 0.345. The largest absolute Gasteiger partial charge is 0.508 e. The number of rotatable bonds is 8. The van der Waals surface area contributed by atoms with Gasteiger partial charge in [0.2, 0.25) is 0 Å². The van der Waals surface area contributed by atoms with Gasteiger partial charge in [-0.3, -0.25) is 9.48 Å². The molecule has 1 unspecified atom stereocenters. The summed E-state index contributed by atoms with van der Waals surface area (Å²) in [5.41, 5.74) is 6.13. The van der Waals surface area contributed by atoms with Crippen molar-refractivity contribution in [1.29, 1.82) is 0 Å². The molecule has 1 aromatic carbocycles. The van der Waals surface area contributed by atoms with Gasteiger partial charge in [-0.2, -0.15) is 5.10 Å². The Morgan fingerprint density at radius 3 is 2.73 bits per heavy atom. The summed E-state index contributed by atoms with van der Waals surface area (Å²) in [6.07, 6.45) is 1.94. The zero-order valence-corrected chi connectivity index (χ0v) is 23.8. The van der Waals surface area contributed by atoms with E-state index in [1.807, 2.05) is 43.8 Å². The summed E-state index contributed by atoms with van der Waals surface area (Å²) < 4.78 is 7.78. The van der Waals surface area contributed by atoms with Crippen LogP contribution < -0.4 is 5.32 Å². The highest BCUT2D eigenvalue weighted by Gasteiger charge is 2.21. The zero-order chi connectivity index (χ0) is 28.4. The van der Waals surface area contributed by atoms with E-state index in [-0.39, 0.29) is 17.8 Å². The van der Waals surface area contributed by atoms with Crippen LogP contribution in [0.5, 0.6) is 5.75 Å². The second kappa shape index (κ2) is 11.6. The predicted octanol–water partition coefficient (Wildman–Crippen LogP) is 3.85. The van der Waals surface area contributed by atoms with Gasteiger partial charge in [0.25, 0.3) is 5.91 Å². The molecule has 1 atom stereocenters. The molecule has 4 heterocycles. The average molecular weight is 544 g/mol. The number of morpholine rings is 1. The molecular weight excluding hydrogens is 506 g/mol. The molecule has 0 saturated carbocycles. The molecule has 0 spiro atoms. The number of nitrogens with one attached hydrogen (secondary N) is 1. The maximum absolute atomic E-state index is 13.8. The third-order valence-corrected chi connectivity index (χ3v) is 7.49. The number of phenols is 1. The van der Waals surface area contributed by atoms with Gasteiger partial charge in [-0.1, -0.05) is 0 Å². The molecule has 0 radical (unpaired) electrons. The average Bonchev–Trinajstić information content (AvgIpc) is 3.30. The lowest BCUT2D eigenvalue weighted by molar-refractivity contribution is -0.0117. The number of hydrogen-bond acceptors (Lipinski definition) is 8. The molecular formula is C30H37N7O3. The van der Waals surface area contributed by atoms with Crippen molar-refractivity contribution in [3.05, 3.63) is 65.1 Å². The molecule has 5 rings (SSSR count). The van der Waals surface area contributed by atoms with E-state index in [0.29, 0.717) is 40.9 Å². The normalized spacial score (nSPS) is 15.9. The minimum atomic E-state index is -0.171. The molecule has 1 fully saturated rings. The first-order valence-electron chi connectivity index (χ1n) is 13.7. The Hall–Kier alpha value is -4.02. The van der Waals surface area contributed by atoms with Crippen molar-refractivity contribution in [3.8, 4) is 17.1 Å². The van der Waals surface area contributed by atoms with Crippen molar-refractivity contribution in [2.75, 3.05) is 45.7 Å². The predicted molar refractivity (Wildman–Crippen MR) is 156 cm³/mol. The van der Waals surface area contributed by atoms with Crippen LogP contribution in [-0.2, 0) is 17.8 Å². The molecule has 1 aliphatic heterocycles. The Bertz CT molecular complexity index is 1530. The fraction of sp³-hybridized carbons (Fsp3) is 0.400. The van der Waals surface area contributed by atoms with Gasteiger partial charge in [0, 0.05) is 56.4 Å². The number of aromatic nitrogens is 4. The standard InChI is InChI=1S/C30H37N7O3/c1-6-37-20(3)21(15-32-37)17-36(5)30(39)25-14-29(34-27-8-7-22(38)13-24(25)27)28-10-9-26(19(2)33-28)31-16-23-18-35(4)11-12-40-23/h7-10,13-15,23,31,38H,6,11-12,16-18H2,1-5H3. The van der Waals surface area contributed by atoms with Gasteiger partial charge in [0.15, 0.2) is 0 Å².